The average Bonchev–Trinajstić information content (AvgIpc) is 2.70. The lowest BCUT2D eigenvalue weighted by Crippen LogP contribution is -2.22. The number of hydrogen-bond acceptors (Lipinski definition) is 4. The lowest BCUT2D eigenvalue weighted by molar-refractivity contribution is 0.728. The van der Waals surface area contributed by atoms with Gasteiger partial charge < -0.3 is 5.73 Å². The van der Waals surface area contributed by atoms with Gasteiger partial charge in [0.05, 0.1) is 10.3 Å². The second-order valence-electron chi connectivity index (χ2n) is 4.69. The van der Waals surface area contributed by atoms with E-state index in [0.29, 0.717) is 0 Å². The van der Waals surface area contributed by atoms with Crippen LogP contribution in [0.15, 0.2) is 33.1 Å². The van der Waals surface area contributed by atoms with E-state index >= 15 is 0 Å². The molecule has 19 heavy (non-hydrogen) atoms. The standard InChI is InChI=1S/C14H17BrN2S2/c1-8-4-9(2)17-13(5-8)19-14(10(3)16)12-6-11(15)7-18-12/h4-7,10,14H,16H2,1-3H3. The van der Waals surface area contributed by atoms with Gasteiger partial charge >= 0.3 is 0 Å². The largest absolute Gasteiger partial charge is 0.327 e. The molecule has 0 spiro atoms. The Balaban J connectivity index is 2.26. The number of nitrogens with zero attached hydrogens (tertiary/aromatic N) is 1. The molecule has 0 radical (unpaired) electrons. The van der Waals surface area contributed by atoms with E-state index in [9.17, 15) is 0 Å². The molecule has 5 heteroatoms. The zero-order valence-electron chi connectivity index (χ0n) is 11.2. The highest BCUT2D eigenvalue weighted by molar-refractivity contribution is 9.10. The highest BCUT2D eigenvalue weighted by Gasteiger charge is 2.20. The summed E-state index contributed by atoms with van der Waals surface area (Å²) in [7, 11) is 0. The Bertz CT molecular complexity index is 546. The first-order valence-electron chi connectivity index (χ1n) is 6.07. The highest BCUT2D eigenvalue weighted by atomic mass is 79.9. The van der Waals surface area contributed by atoms with Gasteiger partial charge in [0.15, 0.2) is 0 Å². The van der Waals surface area contributed by atoms with Crippen molar-refractivity contribution < 1.29 is 0 Å². The quantitative estimate of drug-likeness (QED) is 0.806. The molecule has 2 atom stereocenters. The van der Waals surface area contributed by atoms with Crippen LogP contribution in [0.2, 0.25) is 0 Å². The van der Waals surface area contributed by atoms with Gasteiger partial charge in [-0.3, -0.25) is 0 Å². The molecule has 2 aromatic rings. The molecule has 2 rings (SSSR count). The van der Waals surface area contributed by atoms with E-state index in [-0.39, 0.29) is 11.3 Å². The number of halogens is 1. The van der Waals surface area contributed by atoms with E-state index in [1.807, 2.05) is 13.8 Å². The van der Waals surface area contributed by atoms with Crippen LogP contribution >= 0.6 is 39.0 Å². The first-order chi connectivity index (χ1) is 8.95. The third-order valence-electron chi connectivity index (χ3n) is 2.67. The number of aromatic nitrogens is 1. The fourth-order valence-electron chi connectivity index (χ4n) is 1.90. The van der Waals surface area contributed by atoms with Gasteiger partial charge in [-0.05, 0) is 60.5 Å². The fourth-order valence-corrected chi connectivity index (χ4v) is 4.86. The Kier molecular flexibility index (Phi) is 5.06. The maximum absolute atomic E-state index is 6.14. The second kappa shape index (κ2) is 6.39. The third-order valence-corrected chi connectivity index (χ3v) is 5.98. The summed E-state index contributed by atoms with van der Waals surface area (Å²) in [6.07, 6.45) is 0. The molecule has 0 amide bonds. The van der Waals surface area contributed by atoms with E-state index in [2.05, 4.69) is 51.4 Å². The normalized spacial score (nSPS) is 14.4. The molecule has 0 fully saturated rings. The van der Waals surface area contributed by atoms with Crippen molar-refractivity contribution in [2.24, 2.45) is 5.73 Å². The minimum Gasteiger partial charge on any atom is -0.327 e. The van der Waals surface area contributed by atoms with Crippen molar-refractivity contribution in [3.05, 3.63) is 44.2 Å². The molecule has 0 aromatic carbocycles. The van der Waals surface area contributed by atoms with Crippen LogP contribution in [-0.4, -0.2) is 11.0 Å². The van der Waals surface area contributed by atoms with Gasteiger partial charge in [-0.15, -0.1) is 11.3 Å². The molecule has 2 nitrogen and oxygen atoms in total. The van der Waals surface area contributed by atoms with E-state index in [0.717, 1.165) is 15.2 Å². The molecule has 0 saturated heterocycles. The van der Waals surface area contributed by atoms with Gasteiger partial charge in [0, 0.05) is 26.5 Å². The third kappa shape index (κ3) is 4.05. The van der Waals surface area contributed by atoms with Crippen molar-refractivity contribution in [2.75, 3.05) is 0 Å². The summed E-state index contributed by atoms with van der Waals surface area (Å²) in [5.41, 5.74) is 8.44. The van der Waals surface area contributed by atoms with Crippen LogP contribution in [0, 0.1) is 13.8 Å². The van der Waals surface area contributed by atoms with Crippen molar-refractivity contribution in [1.82, 2.24) is 4.98 Å². The van der Waals surface area contributed by atoms with Crippen LogP contribution in [0.4, 0.5) is 0 Å². The first-order valence-corrected chi connectivity index (χ1v) is 8.62. The van der Waals surface area contributed by atoms with Gasteiger partial charge in [0.1, 0.15) is 0 Å². The summed E-state index contributed by atoms with van der Waals surface area (Å²) < 4.78 is 1.12. The predicted octanol–water partition coefficient (Wildman–Crippen LogP) is 4.70. The molecule has 2 unspecified atom stereocenters. The molecular weight excluding hydrogens is 340 g/mol. The van der Waals surface area contributed by atoms with Crippen molar-refractivity contribution in [3.8, 4) is 0 Å². The minimum absolute atomic E-state index is 0.0816. The van der Waals surface area contributed by atoms with Crippen LogP contribution in [-0.2, 0) is 0 Å². The van der Waals surface area contributed by atoms with Gasteiger partial charge in [-0.2, -0.15) is 0 Å². The smallest absolute Gasteiger partial charge is 0.0972 e. The molecule has 0 aliphatic carbocycles. The summed E-state index contributed by atoms with van der Waals surface area (Å²) in [5.74, 6) is 0. The minimum atomic E-state index is 0.0816. The van der Waals surface area contributed by atoms with E-state index < -0.39 is 0 Å². The molecule has 0 aliphatic rings. The van der Waals surface area contributed by atoms with Crippen molar-refractivity contribution in [1.29, 1.82) is 0 Å². The van der Waals surface area contributed by atoms with Gasteiger partial charge in [-0.1, -0.05) is 11.8 Å². The van der Waals surface area contributed by atoms with E-state index in [4.69, 9.17) is 5.73 Å². The van der Waals surface area contributed by atoms with Crippen LogP contribution < -0.4 is 5.73 Å². The zero-order chi connectivity index (χ0) is 14.0. The summed E-state index contributed by atoms with van der Waals surface area (Å²) in [6.45, 7) is 6.18. The first kappa shape index (κ1) is 15.0. The number of thioether (sulfide) groups is 1. The SMILES string of the molecule is Cc1cc(C)nc(SC(c2cc(Br)cs2)C(C)N)c1. The number of aryl methyl sites for hydroxylation is 2. The molecule has 2 N–H and O–H groups in total. The van der Waals surface area contributed by atoms with Crippen LogP contribution in [0.5, 0.6) is 0 Å². The predicted molar refractivity (Wildman–Crippen MR) is 88.0 cm³/mol. The van der Waals surface area contributed by atoms with Gasteiger partial charge in [-0.25, -0.2) is 4.98 Å². The average molecular weight is 357 g/mol. The van der Waals surface area contributed by atoms with Gasteiger partial charge in [0.2, 0.25) is 0 Å². The lowest BCUT2D eigenvalue weighted by atomic mass is 10.2. The van der Waals surface area contributed by atoms with Gasteiger partial charge in [0.25, 0.3) is 0 Å². The lowest BCUT2D eigenvalue weighted by Gasteiger charge is -2.18. The van der Waals surface area contributed by atoms with Crippen molar-refractivity contribution in [3.63, 3.8) is 0 Å². The number of rotatable bonds is 4. The summed E-state index contributed by atoms with van der Waals surface area (Å²) >= 11 is 6.99. The van der Waals surface area contributed by atoms with E-state index in [1.54, 1.807) is 23.1 Å². The monoisotopic (exact) mass is 356 g/mol. The molecular formula is C14H17BrN2S2. The Labute approximate surface area is 131 Å². The number of hydrogen-bond donors (Lipinski definition) is 1. The topological polar surface area (TPSA) is 38.9 Å². The Morgan fingerprint density at radius 3 is 2.58 bits per heavy atom. The molecule has 0 aliphatic heterocycles. The summed E-state index contributed by atoms with van der Waals surface area (Å²) in [5, 5.41) is 3.38. The summed E-state index contributed by atoms with van der Waals surface area (Å²) in [4.78, 5) is 5.87. The van der Waals surface area contributed by atoms with E-state index in [1.165, 1.54) is 10.4 Å². The number of thiophene rings is 1. The Hall–Kier alpha value is -0.360. The summed E-state index contributed by atoms with van der Waals surface area (Å²) in [6, 6.07) is 6.44. The number of pyridine rings is 1. The van der Waals surface area contributed by atoms with Crippen LogP contribution in [0.25, 0.3) is 0 Å². The van der Waals surface area contributed by atoms with Crippen molar-refractivity contribution in [2.45, 2.75) is 37.1 Å². The Morgan fingerprint density at radius 1 is 1.32 bits per heavy atom. The Morgan fingerprint density at radius 2 is 2.05 bits per heavy atom. The molecule has 2 aromatic heterocycles. The van der Waals surface area contributed by atoms with Crippen LogP contribution in [0.1, 0.15) is 28.3 Å². The highest BCUT2D eigenvalue weighted by Crippen LogP contribution is 2.40. The second-order valence-corrected chi connectivity index (χ2v) is 7.71. The van der Waals surface area contributed by atoms with Crippen molar-refractivity contribution >= 4 is 39.0 Å². The molecule has 102 valence electrons. The molecule has 0 saturated carbocycles. The molecule has 0 bridgehead atoms. The number of nitrogens with two attached hydrogens (primary N) is 1. The maximum Gasteiger partial charge on any atom is 0.0972 e. The fraction of sp³-hybridized carbons (Fsp3) is 0.357. The molecule has 2 heterocycles. The zero-order valence-corrected chi connectivity index (χ0v) is 14.4. The van der Waals surface area contributed by atoms with Crippen LogP contribution in [0.3, 0.4) is 0 Å². The maximum atomic E-state index is 6.14.